The van der Waals surface area contributed by atoms with Crippen molar-refractivity contribution in [2.24, 2.45) is 0 Å². The number of benzene rings is 2. The summed E-state index contributed by atoms with van der Waals surface area (Å²) < 4.78 is 23.5. The van der Waals surface area contributed by atoms with E-state index >= 15 is 0 Å². The van der Waals surface area contributed by atoms with Gasteiger partial charge in [0, 0.05) is 37.6 Å². The van der Waals surface area contributed by atoms with E-state index in [1.54, 1.807) is 30.3 Å². The Hall–Kier alpha value is -3.13. The minimum absolute atomic E-state index is 0.0587. The second-order valence-electron chi connectivity index (χ2n) is 8.93. The van der Waals surface area contributed by atoms with Crippen LogP contribution in [0.3, 0.4) is 0 Å². The van der Waals surface area contributed by atoms with Gasteiger partial charge in [-0.25, -0.2) is 0 Å². The molecule has 1 heterocycles. The fraction of sp³-hybridized carbons (Fsp3) is 0.357. The Labute approximate surface area is 239 Å². The van der Waals surface area contributed by atoms with E-state index in [1.165, 1.54) is 19.1 Å². The fourth-order valence-electron chi connectivity index (χ4n) is 4.52. The Kier molecular flexibility index (Phi) is 9.83. The van der Waals surface area contributed by atoms with Gasteiger partial charge < -0.3 is 39.1 Å². The number of carbonyl (C=O) groups excluding carboxylic acids is 2. The van der Waals surface area contributed by atoms with Crippen LogP contribution in [0.4, 0.5) is 0 Å². The molecular weight excluding hydrogens is 619 g/mol. The highest BCUT2D eigenvalue weighted by Crippen LogP contribution is 2.32. The zero-order chi connectivity index (χ0) is 27.9. The number of aliphatic hydroxyl groups is 2. The lowest BCUT2D eigenvalue weighted by Crippen LogP contribution is -2.55. The third-order valence-electron chi connectivity index (χ3n) is 6.45. The molecule has 4 rings (SSSR count). The minimum Gasteiger partial charge on any atom is -0.493 e. The van der Waals surface area contributed by atoms with Crippen molar-refractivity contribution >= 4 is 45.4 Å². The summed E-state index contributed by atoms with van der Waals surface area (Å²) in [5.41, 5.74) is 0.763. The molecule has 3 N–H and O–H groups in total. The van der Waals surface area contributed by atoms with E-state index in [0.29, 0.717) is 28.0 Å². The first kappa shape index (κ1) is 28.9. The van der Waals surface area contributed by atoms with Crippen molar-refractivity contribution in [3.8, 4) is 11.5 Å². The lowest BCUT2D eigenvalue weighted by Gasteiger charge is -2.40. The predicted molar refractivity (Wildman–Crippen MR) is 152 cm³/mol. The van der Waals surface area contributed by atoms with Crippen molar-refractivity contribution in [1.82, 2.24) is 10.2 Å². The summed E-state index contributed by atoms with van der Waals surface area (Å²) in [6, 6.07) is 13.5. The third kappa shape index (κ3) is 6.55. The van der Waals surface area contributed by atoms with Gasteiger partial charge in [0.1, 0.15) is 18.0 Å². The Morgan fingerprint density at radius 3 is 2.64 bits per heavy atom. The molecule has 1 aromatic heterocycles. The van der Waals surface area contributed by atoms with Gasteiger partial charge in [-0.05, 0) is 52.9 Å². The number of carbonyl (C=O) groups is 2. The number of rotatable bonds is 11. The van der Waals surface area contributed by atoms with Gasteiger partial charge >= 0.3 is 0 Å². The predicted octanol–water partition coefficient (Wildman–Crippen LogP) is 2.75. The van der Waals surface area contributed by atoms with Crippen LogP contribution in [0.15, 0.2) is 64.6 Å². The first-order valence-electron chi connectivity index (χ1n) is 12.4. The molecule has 0 unspecified atom stereocenters. The monoisotopic (exact) mass is 650 g/mol. The summed E-state index contributed by atoms with van der Waals surface area (Å²) in [4.78, 5) is 28.3. The highest BCUT2D eigenvalue weighted by molar-refractivity contribution is 14.1. The minimum atomic E-state index is -1.17. The number of hydrogen-bond acceptors (Lipinski definition) is 8. The number of amides is 2. The van der Waals surface area contributed by atoms with Gasteiger partial charge in [-0.2, -0.15) is 0 Å². The molecule has 3 aromatic rings. The van der Waals surface area contributed by atoms with Crippen LogP contribution in [-0.2, 0) is 9.53 Å². The number of hydrogen-bond donors (Lipinski definition) is 3. The quantitative estimate of drug-likeness (QED) is 0.270. The van der Waals surface area contributed by atoms with Gasteiger partial charge in [-0.1, -0.05) is 24.3 Å². The van der Waals surface area contributed by atoms with Crippen LogP contribution in [-0.4, -0.2) is 85.7 Å². The van der Waals surface area contributed by atoms with Crippen molar-refractivity contribution in [1.29, 1.82) is 0 Å². The lowest BCUT2D eigenvalue weighted by molar-refractivity contribution is -0.118. The summed E-state index contributed by atoms with van der Waals surface area (Å²) in [7, 11) is 3.04. The smallest absolute Gasteiger partial charge is 0.290 e. The number of nitrogens with zero attached hydrogens (tertiary/aromatic N) is 1. The number of nitrogens with one attached hydrogen (secondary N) is 1. The molecule has 0 aliphatic heterocycles. The van der Waals surface area contributed by atoms with Gasteiger partial charge in [0.05, 0.1) is 29.9 Å². The Bertz CT molecular complexity index is 1340. The Morgan fingerprint density at radius 2 is 1.92 bits per heavy atom. The SMILES string of the molecule is COCCN(C(=O)c1cc2cccc(OC)c2o1)[C@@H]1CC(C(=O)NCCO)=C[C@H](Oc2ccccc2I)[C@H]1O. The molecule has 0 fully saturated rings. The van der Waals surface area contributed by atoms with Crippen molar-refractivity contribution < 1.29 is 38.4 Å². The third-order valence-corrected chi connectivity index (χ3v) is 7.34. The molecule has 0 bridgehead atoms. The van der Waals surface area contributed by atoms with Crippen molar-refractivity contribution in [2.45, 2.75) is 24.7 Å². The maximum atomic E-state index is 13.9. The van der Waals surface area contributed by atoms with E-state index in [9.17, 15) is 19.8 Å². The molecular formula is C28H31IN2O8. The number of methoxy groups -OCH3 is 2. The van der Waals surface area contributed by atoms with Crippen LogP contribution in [0.1, 0.15) is 17.0 Å². The molecule has 0 radical (unpaired) electrons. The average molecular weight is 650 g/mol. The van der Waals surface area contributed by atoms with Gasteiger partial charge in [-0.15, -0.1) is 0 Å². The maximum absolute atomic E-state index is 13.9. The van der Waals surface area contributed by atoms with Crippen LogP contribution >= 0.6 is 22.6 Å². The van der Waals surface area contributed by atoms with Crippen molar-refractivity contribution in [3.05, 3.63) is 69.5 Å². The molecule has 2 aromatic carbocycles. The molecule has 0 saturated carbocycles. The van der Waals surface area contributed by atoms with Crippen LogP contribution in [0.25, 0.3) is 11.0 Å². The molecule has 39 heavy (non-hydrogen) atoms. The standard InChI is InChI=1S/C28H31IN2O8/c1-36-13-11-31(28(35)24-15-17-6-5-9-22(37-2)26(17)39-24)20-14-18(27(34)30-10-12-32)16-23(25(20)33)38-21-8-4-3-7-19(21)29/h3-9,15-16,20,23,25,32-33H,10-14H2,1-2H3,(H,30,34)/t20-,23+,25+/m1/s1. The van der Waals surface area contributed by atoms with Gasteiger partial charge in [-0.3, -0.25) is 9.59 Å². The number of fused-ring (bicyclic) bond motifs is 1. The summed E-state index contributed by atoms with van der Waals surface area (Å²) in [5, 5.41) is 24.0. The van der Waals surface area contributed by atoms with Crippen LogP contribution in [0.5, 0.6) is 11.5 Å². The molecule has 11 heteroatoms. The van der Waals surface area contributed by atoms with Gasteiger partial charge in [0.15, 0.2) is 17.1 Å². The molecule has 1 aliphatic rings. The van der Waals surface area contributed by atoms with Crippen molar-refractivity contribution in [2.75, 3.05) is 40.5 Å². The van der Waals surface area contributed by atoms with Crippen LogP contribution < -0.4 is 14.8 Å². The zero-order valence-electron chi connectivity index (χ0n) is 21.6. The fourth-order valence-corrected chi connectivity index (χ4v) is 5.03. The average Bonchev–Trinajstić information content (AvgIpc) is 3.39. The number of para-hydroxylation sites is 2. The van der Waals surface area contributed by atoms with Crippen LogP contribution in [0, 0.1) is 3.57 Å². The maximum Gasteiger partial charge on any atom is 0.290 e. The summed E-state index contributed by atoms with van der Waals surface area (Å²) >= 11 is 2.13. The van der Waals surface area contributed by atoms with Crippen LogP contribution in [0.2, 0.25) is 0 Å². The lowest BCUT2D eigenvalue weighted by atomic mass is 9.88. The number of ether oxygens (including phenoxy) is 3. The topological polar surface area (TPSA) is 131 Å². The van der Waals surface area contributed by atoms with Crippen molar-refractivity contribution in [3.63, 3.8) is 0 Å². The molecule has 10 nitrogen and oxygen atoms in total. The molecule has 208 valence electrons. The molecule has 0 saturated heterocycles. The van der Waals surface area contributed by atoms with E-state index in [0.717, 1.165) is 3.57 Å². The summed E-state index contributed by atoms with van der Waals surface area (Å²) in [6.45, 7) is 0.169. The molecule has 0 spiro atoms. The van der Waals surface area contributed by atoms with E-state index in [1.807, 2.05) is 24.3 Å². The second-order valence-corrected chi connectivity index (χ2v) is 10.1. The normalized spacial score (nSPS) is 18.9. The molecule has 1 aliphatic carbocycles. The summed E-state index contributed by atoms with van der Waals surface area (Å²) in [6.07, 6.45) is -0.469. The van der Waals surface area contributed by atoms with E-state index in [4.69, 9.17) is 18.6 Å². The second kappa shape index (κ2) is 13.3. The first-order valence-corrected chi connectivity index (χ1v) is 13.5. The zero-order valence-corrected chi connectivity index (χ0v) is 23.8. The highest BCUT2D eigenvalue weighted by Gasteiger charge is 2.41. The number of furan rings is 1. The van der Waals surface area contributed by atoms with Gasteiger partial charge in [0.2, 0.25) is 5.91 Å². The van der Waals surface area contributed by atoms with Gasteiger partial charge in [0.25, 0.3) is 5.91 Å². The van der Waals surface area contributed by atoms with E-state index < -0.39 is 30.1 Å². The Morgan fingerprint density at radius 1 is 1.15 bits per heavy atom. The first-order chi connectivity index (χ1) is 18.9. The highest BCUT2D eigenvalue weighted by atomic mass is 127. The van der Waals surface area contributed by atoms with E-state index in [2.05, 4.69) is 27.9 Å². The number of aliphatic hydroxyl groups excluding tert-OH is 2. The largest absolute Gasteiger partial charge is 0.493 e. The van der Waals surface area contributed by atoms with E-state index in [-0.39, 0.29) is 38.5 Å². The molecule has 3 atom stereocenters. The number of halogens is 1. The molecule has 2 amide bonds. The summed E-state index contributed by atoms with van der Waals surface area (Å²) in [5.74, 6) is 0.204. The Balaban J connectivity index is 1.70.